The van der Waals surface area contributed by atoms with Gasteiger partial charge >= 0.3 is 12.1 Å². The van der Waals surface area contributed by atoms with E-state index in [1.54, 1.807) is 51.9 Å². The molecule has 52 heavy (non-hydrogen) atoms. The number of fused-ring (bicyclic) bond motifs is 1. The number of halogens is 1. The van der Waals surface area contributed by atoms with Crippen LogP contribution in [0.1, 0.15) is 87.1 Å². The Hall–Kier alpha value is -5.15. The molecule has 0 bridgehead atoms. The molecule has 1 atom stereocenters. The molecular formula is C42H46ClN3O6. The fourth-order valence-corrected chi connectivity index (χ4v) is 6.31. The summed E-state index contributed by atoms with van der Waals surface area (Å²) in [4.78, 5) is 46.6. The van der Waals surface area contributed by atoms with Crippen molar-refractivity contribution in [2.45, 2.75) is 84.9 Å². The average molecular weight is 724 g/mol. The quantitative estimate of drug-likeness (QED) is 0.0952. The predicted octanol–water partition coefficient (Wildman–Crippen LogP) is 9.54. The molecule has 1 N–H and O–H groups in total. The second-order valence-corrected chi connectivity index (χ2v) is 13.2. The van der Waals surface area contributed by atoms with Gasteiger partial charge < -0.3 is 14.6 Å². The summed E-state index contributed by atoms with van der Waals surface area (Å²) in [7, 11) is 0. The number of benzene rings is 4. The summed E-state index contributed by atoms with van der Waals surface area (Å²) in [5.41, 5.74) is 3.87. The number of unbranched alkanes of at least 4 members (excludes halogenated alkanes) is 2. The standard InChI is InChI=1S/C42H46ClN3O6/c1-4-7-19-38-44-36-22-21-32(45(42(50)51-24-8-5-2)27-29-15-10-9-11-16-29)26-34(36)40(47)46(38)28-30-20-23-37(31(25-30)14-6-3)52-39(41(48)49)33-17-12-13-18-35(33)43/h9-13,15-18,20-23,25-26,39H,4-8,14,19,24,27-28H2,1-3H3,(H,48,49). The van der Waals surface area contributed by atoms with Gasteiger partial charge in [-0.05, 0) is 66.3 Å². The van der Waals surface area contributed by atoms with Crippen LogP contribution in [0, 0.1) is 0 Å². The molecule has 5 aromatic rings. The number of carbonyl (C=O) groups excluding carboxylic acids is 1. The number of ether oxygens (including phenoxy) is 2. The van der Waals surface area contributed by atoms with Crippen molar-refractivity contribution in [3.8, 4) is 5.75 Å². The van der Waals surface area contributed by atoms with E-state index in [0.717, 1.165) is 48.8 Å². The molecule has 4 aromatic carbocycles. The largest absolute Gasteiger partial charge is 0.478 e. The van der Waals surface area contributed by atoms with Gasteiger partial charge in [-0.15, -0.1) is 0 Å². The molecule has 0 aliphatic heterocycles. The van der Waals surface area contributed by atoms with Crippen LogP contribution < -0.4 is 15.2 Å². The summed E-state index contributed by atoms with van der Waals surface area (Å²) in [6.45, 7) is 7.01. The molecule has 1 aromatic heterocycles. The number of carbonyl (C=O) groups is 2. The first-order chi connectivity index (χ1) is 25.2. The lowest BCUT2D eigenvalue weighted by atomic mass is 10.0. The van der Waals surface area contributed by atoms with E-state index in [-0.39, 0.29) is 18.6 Å². The lowest BCUT2D eigenvalue weighted by Gasteiger charge is -2.23. The third-order valence-electron chi connectivity index (χ3n) is 8.85. The van der Waals surface area contributed by atoms with E-state index in [2.05, 4.69) is 6.92 Å². The van der Waals surface area contributed by atoms with Gasteiger partial charge in [-0.3, -0.25) is 14.3 Å². The van der Waals surface area contributed by atoms with Gasteiger partial charge in [-0.2, -0.15) is 0 Å². The van der Waals surface area contributed by atoms with E-state index in [9.17, 15) is 19.5 Å². The Morgan fingerprint density at radius 3 is 2.33 bits per heavy atom. The predicted molar refractivity (Wildman–Crippen MR) is 205 cm³/mol. The number of aromatic nitrogens is 2. The van der Waals surface area contributed by atoms with Crippen molar-refractivity contribution in [3.05, 3.63) is 134 Å². The van der Waals surface area contributed by atoms with Crippen molar-refractivity contribution >= 4 is 40.3 Å². The summed E-state index contributed by atoms with van der Waals surface area (Å²) >= 11 is 6.35. The molecule has 0 radical (unpaired) electrons. The highest BCUT2D eigenvalue weighted by Crippen LogP contribution is 2.31. The minimum atomic E-state index is -1.29. The minimum Gasteiger partial charge on any atom is -0.478 e. The van der Waals surface area contributed by atoms with E-state index in [4.69, 9.17) is 26.1 Å². The summed E-state index contributed by atoms with van der Waals surface area (Å²) in [5, 5.41) is 10.8. The fraction of sp³-hybridized carbons (Fsp3) is 0.333. The lowest BCUT2D eigenvalue weighted by Crippen LogP contribution is -2.32. The summed E-state index contributed by atoms with van der Waals surface area (Å²) in [6, 6.07) is 27.3. The molecule has 0 spiro atoms. The number of rotatable bonds is 17. The normalized spacial score (nSPS) is 11.7. The Balaban J connectivity index is 1.53. The molecule has 0 saturated heterocycles. The topological polar surface area (TPSA) is 111 Å². The van der Waals surface area contributed by atoms with E-state index in [0.29, 0.717) is 58.2 Å². The Morgan fingerprint density at radius 2 is 1.62 bits per heavy atom. The van der Waals surface area contributed by atoms with Crippen LogP contribution in [0.2, 0.25) is 5.02 Å². The molecule has 0 saturated carbocycles. The minimum absolute atomic E-state index is 0.209. The zero-order chi connectivity index (χ0) is 37.0. The number of carboxylic acids is 1. The van der Waals surface area contributed by atoms with Crippen LogP contribution in [0.4, 0.5) is 10.5 Å². The smallest absolute Gasteiger partial charge is 0.414 e. The number of carboxylic acid groups (broad SMARTS) is 1. The van der Waals surface area contributed by atoms with Crippen LogP contribution in [0.25, 0.3) is 10.9 Å². The van der Waals surface area contributed by atoms with Gasteiger partial charge in [0.25, 0.3) is 5.56 Å². The van der Waals surface area contributed by atoms with Crippen LogP contribution in [-0.2, 0) is 35.5 Å². The molecular weight excluding hydrogens is 678 g/mol. The van der Waals surface area contributed by atoms with Crippen LogP contribution in [0.5, 0.6) is 5.75 Å². The number of anilines is 1. The molecule has 0 aliphatic rings. The second kappa shape index (κ2) is 18.4. The van der Waals surface area contributed by atoms with E-state index < -0.39 is 18.2 Å². The Kier molecular flexibility index (Phi) is 13.5. The Bertz CT molecular complexity index is 2050. The van der Waals surface area contributed by atoms with Crippen molar-refractivity contribution < 1.29 is 24.2 Å². The maximum atomic E-state index is 14.4. The zero-order valence-corrected chi connectivity index (χ0v) is 30.8. The first-order valence-corrected chi connectivity index (χ1v) is 18.4. The van der Waals surface area contributed by atoms with Crippen molar-refractivity contribution in [2.75, 3.05) is 11.5 Å². The molecule has 272 valence electrons. The van der Waals surface area contributed by atoms with Gasteiger partial charge in [0.15, 0.2) is 0 Å². The fourth-order valence-electron chi connectivity index (χ4n) is 6.08. The van der Waals surface area contributed by atoms with Gasteiger partial charge in [0.2, 0.25) is 6.10 Å². The van der Waals surface area contributed by atoms with Crippen LogP contribution in [0.3, 0.4) is 0 Å². The van der Waals surface area contributed by atoms with Crippen molar-refractivity contribution in [1.29, 1.82) is 0 Å². The second-order valence-electron chi connectivity index (χ2n) is 12.8. The third kappa shape index (κ3) is 9.39. The average Bonchev–Trinajstić information content (AvgIpc) is 3.14. The maximum absolute atomic E-state index is 14.4. The van der Waals surface area contributed by atoms with Crippen LogP contribution >= 0.6 is 11.6 Å². The number of hydrogen-bond donors (Lipinski definition) is 1. The highest BCUT2D eigenvalue weighted by atomic mass is 35.5. The number of nitrogens with zero attached hydrogens (tertiary/aromatic N) is 3. The molecule has 0 fully saturated rings. The molecule has 5 rings (SSSR count). The summed E-state index contributed by atoms with van der Waals surface area (Å²) in [6.07, 6.45) is 3.74. The SMILES string of the molecule is CCCCOC(=O)N(Cc1ccccc1)c1ccc2nc(CCCC)n(Cc3ccc(OC(C(=O)O)c4ccccc4Cl)c(CCC)c3)c(=O)c2c1. The van der Waals surface area contributed by atoms with E-state index in [1.165, 1.54) is 0 Å². The molecule has 1 amide bonds. The van der Waals surface area contributed by atoms with E-state index >= 15 is 0 Å². The molecule has 1 unspecified atom stereocenters. The molecule has 10 heteroatoms. The van der Waals surface area contributed by atoms with Crippen LogP contribution in [-0.4, -0.2) is 33.3 Å². The van der Waals surface area contributed by atoms with Gasteiger partial charge in [0.1, 0.15) is 11.6 Å². The van der Waals surface area contributed by atoms with Gasteiger partial charge in [-0.25, -0.2) is 14.6 Å². The highest BCUT2D eigenvalue weighted by molar-refractivity contribution is 6.31. The van der Waals surface area contributed by atoms with E-state index in [1.807, 2.05) is 62.4 Å². The van der Waals surface area contributed by atoms with Gasteiger partial charge in [0, 0.05) is 22.7 Å². The van der Waals surface area contributed by atoms with Crippen LogP contribution in [0.15, 0.2) is 95.8 Å². The monoisotopic (exact) mass is 723 g/mol. The number of aryl methyl sites for hydroxylation is 2. The van der Waals surface area contributed by atoms with Crippen molar-refractivity contribution in [3.63, 3.8) is 0 Å². The first-order valence-electron chi connectivity index (χ1n) is 18.0. The van der Waals surface area contributed by atoms with Gasteiger partial charge in [-0.1, -0.05) is 112 Å². The Labute approximate surface area is 309 Å². The molecule has 0 aliphatic carbocycles. The highest BCUT2D eigenvalue weighted by Gasteiger charge is 2.26. The van der Waals surface area contributed by atoms with Gasteiger partial charge in [0.05, 0.1) is 30.6 Å². The van der Waals surface area contributed by atoms with Crippen molar-refractivity contribution in [1.82, 2.24) is 9.55 Å². The number of hydrogen-bond acceptors (Lipinski definition) is 6. The maximum Gasteiger partial charge on any atom is 0.414 e. The number of aliphatic carboxylic acids is 1. The van der Waals surface area contributed by atoms with Crippen molar-refractivity contribution in [2.24, 2.45) is 0 Å². The zero-order valence-electron chi connectivity index (χ0n) is 30.0. The lowest BCUT2D eigenvalue weighted by molar-refractivity contribution is -0.145. The summed E-state index contributed by atoms with van der Waals surface area (Å²) in [5.74, 6) is -0.0266. The Morgan fingerprint density at radius 1 is 0.865 bits per heavy atom. The molecule has 1 heterocycles. The summed E-state index contributed by atoms with van der Waals surface area (Å²) < 4.78 is 13.4. The first kappa shape index (κ1) is 38.1. The number of amides is 1. The molecule has 9 nitrogen and oxygen atoms in total. The third-order valence-corrected chi connectivity index (χ3v) is 9.20.